The summed E-state index contributed by atoms with van der Waals surface area (Å²) >= 11 is 0. The first-order valence-corrected chi connectivity index (χ1v) is 11.5. The van der Waals surface area contributed by atoms with Crippen molar-refractivity contribution < 1.29 is 44.2 Å². The summed E-state index contributed by atoms with van der Waals surface area (Å²) in [6.07, 6.45) is -5.03. The summed E-state index contributed by atoms with van der Waals surface area (Å²) in [5.74, 6) is 0.552. The van der Waals surface area contributed by atoms with Gasteiger partial charge in [0.15, 0.2) is 6.29 Å². The lowest BCUT2D eigenvalue weighted by Gasteiger charge is -2.42. The first-order chi connectivity index (χ1) is 16.5. The van der Waals surface area contributed by atoms with Gasteiger partial charge in [-0.15, -0.1) is 0 Å². The molecular formula is C25H34O10. The van der Waals surface area contributed by atoms with E-state index in [9.17, 15) is 30.3 Å². The molecule has 1 aliphatic rings. The molecule has 1 aromatic heterocycles. The molecule has 10 heteroatoms. The smallest absolute Gasteiger partial charge is 0.336 e. The van der Waals surface area contributed by atoms with E-state index >= 15 is 0 Å². The van der Waals surface area contributed by atoms with Crippen LogP contribution in [0.25, 0.3) is 11.0 Å². The Labute approximate surface area is 203 Å². The monoisotopic (exact) mass is 494 g/mol. The standard InChI is InChI=1S/C25H34O10/c1-14(10-11-32-16-7-5-15-6-9-20(27)33-17(15)12-16)4-8-19(25(2,3)31)35-24-23(30)22(29)21(28)18(13-26)34-24/h5-7,9-10,12,18-19,21-24,26,28-31H,4,8,11,13H2,1-3H3/t18-,19-,21-,22+,23-,24+/m1/s1. The van der Waals surface area contributed by atoms with E-state index in [4.69, 9.17) is 18.6 Å². The number of fused-ring (bicyclic) bond motifs is 1. The predicted molar refractivity (Wildman–Crippen MR) is 126 cm³/mol. The van der Waals surface area contributed by atoms with Crippen molar-refractivity contribution in [2.45, 2.75) is 76.0 Å². The highest BCUT2D eigenvalue weighted by Gasteiger charge is 2.46. The zero-order chi connectivity index (χ0) is 25.8. The van der Waals surface area contributed by atoms with Crippen molar-refractivity contribution in [3.05, 3.63) is 52.4 Å². The van der Waals surface area contributed by atoms with Crippen LogP contribution in [0.5, 0.6) is 5.75 Å². The number of hydrogen-bond acceptors (Lipinski definition) is 10. The summed E-state index contributed by atoms with van der Waals surface area (Å²) in [5, 5.41) is 50.9. The van der Waals surface area contributed by atoms with Gasteiger partial charge in [0, 0.05) is 17.5 Å². The van der Waals surface area contributed by atoms with Gasteiger partial charge in [-0.3, -0.25) is 0 Å². The number of aliphatic hydroxyl groups excluding tert-OH is 4. The normalized spacial score (nSPS) is 26.6. The fourth-order valence-corrected chi connectivity index (χ4v) is 3.80. The Balaban J connectivity index is 1.57. The summed E-state index contributed by atoms with van der Waals surface area (Å²) in [6.45, 7) is 4.72. The molecule has 2 heterocycles. The van der Waals surface area contributed by atoms with Crippen molar-refractivity contribution in [3.8, 4) is 5.75 Å². The van der Waals surface area contributed by atoms with Crippen molar-refractivity contribution in [2.24, 2.45) is 0 Å². The van der Waals surface area contributed by atoms with Gasteiger partial charge in [0.2, 0.25) is 0 Å². The molecule has 10 nitrogen and oxygen atoms in total. The lowest BCUT2D eigenvalue weighted by atomic mass is 9.94. The van der Waals surface area contributed by atoms with Crippen LogP contribution in [0.1, 0.15) is 33.6 Å². The average molecular weight is 495 g/mol. The zero-order valence-corrected chi connectivity index (χ0v) is 20.0. The summed E-state index contributed by atoms with van der Waals surface area (Å²) < 4.78 is 22.1. The third kappa shape index (κ3) is 7.11. The van der Waals surface area contributed by atoms with E-state index in [1.54, 1.807) is 38.1 Å². The first kappa shape index (κ1) is 27.3. The van der Waals surface area contributed by atoms with Crippen molar-refractivity contribution in [2.75, 3.05) is 13.2 Å². The van der Waals surface area contributed by atoms with Crippen LogP contribution in [-0.4, -0.2) is 81.2 Å². The lowest BCUT2D eigenvalue weighted by molar-refractivity contribution is -0.322. The fourth-order valence-electron chi connectivity index (χ4n) is 3.80. The van der Waals surface area contributed by atoms with E-state index in [0.29, 0.717) is 24.2 Å². The molecule has 194 valence electrons. The van der Waals surface area contributed by atoms with Crippen molar-refractivity contribution in [1.82, 2.24) is 0 Å². The second-order valence-electron chi connectivity index (χ2n) is 9.33. The van der Waals surface area contributed by atoms with Crippen LogP contribution < -0.4 is 10.4 Å². The first-order valence-electron chi connectivity index (χ1n) is 11.5. The molecule has 0 spiro atoms. The van der Waals surface area contributed by atoms with Gasteiger partial charge in [-0.1, -0.05) is 5.57 Å². The van der Waals surface area contributed by atoms with Crippen LogP contribution in [-0.2, 0) is 9.47 Å². The van der Waals surface area contributed by atoms with Gasteiger partial charge in [-0.25, -0.2) is 4.79 Å². The molecule has 0 saturated carbocycles. The third-order valence-electron chi connectivity index (χ3n) is 6.01. The highest BCUT2D eigenvalue weighted by molar-refractivity contribution is 5.77. The largest absolute Gasteiger partial charge is 0.489 e. The van der Waals surface area contributed by atoms with Crippen molar-refractivity contribution in [1.29, 1.82) is 0 Å². The molecule has 3 rings (SSSR count). The van der Waals surface area contributed by atoms with Crippen LogP contribution in [0.4, 0.5) is 0 Å². The topological polar surface area (TPSA) is 159 Å². The van der Waals surface area contributed by atoms with E-state index in [-0.39, 0.29) is 6.61 Å². The van der Waals surface area contributed by atoms with E-state index in [0.717, 1.165) is 11.0 Å². The van der Waals surface area contributed by atoms with Gasteiger partial charge in [0.1, 0.15) is 42.4 Å². The Morgan fingerprint density at radius 1 is 1.14 bits per heavy atom. The lowest BCUT2D eigenvalue weighted by Crippen LogP contribution is -2.60. The zero-order valence-electron chi connectivity index (χ0n) is 20.0. The Morgan fingerprint density at radius 3 is 2.54 bits per heavy atom. The molecule has 0 radical (unpaired) electrons. The maximum Gasteiger partial charge on any atom is 0.336 e. The number of allylic oxidation sites excluding steroid dienone is 1. The summed E-state index contributed by atoms with van der Waals surface area (Å²) in [6, 6.07) is 8.27. The molecule has 1 saturated heterocycles. The van der Waals surface area contributed by atoms with Gasteiger partial charge in [0.05, 0.1) is 18.3 Å². The Hall–Kier alpha value is -2.31. The Morgan fingerprint density at radius 2 is 1.86 bits per heavy atom. The number of benzene rings is 1. The van der Waals surface area contributed by atoms with Crippen molar-refractivity contribution >= 4 is 11.0 Å². The highest BCUT2D eigenvalue weighted by atomic mass is 16.7. The molecule has 0 amide bonds. The fraction of sp³-hybridized carbons (Fsp3) is 0.560. The Kier molecular flexibility index (Phi) is 9.05. The van der Waals surface area contributed by atoms with Crippen LogP contribution in [0.15, 0.2) is 51.2 Å². The maximum atomic E-state index is 11.4. The third-order valence-corrected chi connectivity index (χ3v) is 6.01. The average Bonchev–Trinajstić information content (AvgIpc) is 2.80. The number of rotatable bonds is 10. The van der Waals surface area contributed by atoms with Crippen LogP contribution in [0.3, 0.4) is 0 Å². The molecule has 35 heavy (non-hydrogen) atoms. The molecule has 1 aliphatic heterocycles. The summed E-state index contributed by atoms with van der Waals surface area (Å²) in [7, 11) is 0. The quantitative estimate of drug-likeness (QED) is 0.237. The molecule has 0 bridgehead atoms. The second-order valence-corrected chi connectivity index (χ2v) is 9.33. The molecule has 6 atom stereocenters. The maximum absolute atomic E-state index is 11.4. The summed E-state index contributed by atoms with van der Waals surface area (Å²) in [5.41, 5.74) is -0.333. The van der Waals surface area contributed by atoms with E-state index in [1.165, 1.54) is 6.07 Å². The number of aliphatic hydroxyl groups is 5. The van der Waals surface area contributed by atoms with Crippen LogP contribution >= 0.6 is 0 Å². The van der Waals surface area contributed by atoms with Gasteiger partial charge in [-0.2, -0.15) is 0 Å². The van der Waals surface area contributed by atoms with Crippen LogP contribution in [0.2, 0.25) is 0 Å². The molecule has 1 fully saturated rings. The molecular weight excluding hydrogens is 460 g/mol. The molecule has 0 unspecified atom stereocenters. The molecule has 5 N–H and O–H groups in total. The predicted octanol–water partition coefficient (Wildman–Crippen LogP) is 0.854. The van der Waals surface area contributed by atoms with Crippen molar-refractivity contribution in [3.63, 3.8) is 0 Å². The minimum absolute atomic E-state index is 0.273. The van der Waals surface area contributed by atoms with E-state index in [1.807, 2.05) is 13.0 Å². The van der Waals surface area contributed by atoms with Gasteiger partial charge < -0.3 is 44.2 Å². The molecule has 0 aliphatic carbocycles. The van der Waals surface area contributed by atoms with Crippen LogP contribution in [0, 0.1) is 0 Å². The minimum Gasteiger partial charge on any atom is -0.489 e. The second kappa shape index (κ2) is 11.6. The van der Waals surface area contributed by atoms with Gasteiger partial charge >= 0.3 is 5.63 Å². The minimum atomic E-state index is -1.56. The number of ether oxygens (including phenoxy) is 3. The Bertz CT molecular complexity index is 1050. The van der Waals surface area contributed by atoms with Gasteiger partial charge in [0.25, 0.3) is 0 Å². The molecule has 2 aromatic rings. The molecule has 1 aromatic carbocycles. The number of hydrogen-bond donors (Lipinski definition) is 5. The van der Waals surface area contributed by atoms with Gasteiger partial charge in [-0.05, 0) is 57.9 Å². The highest BCUT2D eigenvalue weighted by Crippen LogP contribution is 2.28. The summed E-state index contributed by atoms with van der Waals surface area (Å²) in [4.78, 5) is 11.4. The van der Waals surface area contributed by atoms with E-state index in [2.05, 4.69) is 0 Å². The van der Waals surface area contributed by atoms with E-state index < -0.39 is 54.6 Å². The SMILES string of the molecule is CC(=CCOc1ccc2ccc(=O)oc2c1)CC[C@@H](O[C@@H]1O[C@H](CO)[C@@H](O)[C@H](O)[C@H]1O)C(C)(C)O.